The number of piperidine rings is 1. The lowest BCUT2D eigenvalue weighted by atomic mass is 9.96. The number of likely N-dealkylation sites (tertiary alicyclic amines) is 1. The maximum atomic E-state index is 13.8. The van der Waals surface area contributed by atoms with Gasteiger partial charge in [0.25, 0.3) is 5.92 Å². The molecule has 0 saturated carbocycles. The van der Waals surface area contributed by atoms with E-state index in [1.165, 1.54) is 0 Å². The Morgan fingerprint density at radius 1 is 1.10 bits per heavy atom. The fourth-order valence-corrected chi connectivity index (χ4v) is 4.52. The van der Waals surface area contributed by atoms with E-state index in [4.69, 9.17) is 10.7 Å². The first kappa shape index (κ1) is 21.2. The Hall–Kier alpha value is -2.03. The summed E-state index contributed by atoms with van der Waals surface area (Å²) in [5, 5.41) is 0. The number of rotatable bonds is 3. The van der Waals surface area contributed by atoms with Crippen molar-refractivity contribution < 1.29 is 13.6 Å². The summed E-state index contributed by atoms with van der Waals surface area (Å²) in [4.78, 5) is 27.4. The van der Waals surface area contributed by atoms with Crippen LogP contribution in [-0.4, -0.2) is 71.5 Å². The van der Waals surface area contributed by atoms with Crippen molar-refractivity contribution in [2.24, 2.45) is 5.73 Å². The van der Waals surface area contributed by atoms with E-state index >= 15 is 0 Å². The number of aromatic nitrogens is 2. The van der Waals surface area contributed by atoms with Crippen LogP contribution in [-0.2, 0) is 10.2 Å². The minimum absolute atomic E-state index is 0.0505. The van der Waals surface area contributed by atoms with Gasteiger partial charge in [0, 0.05) is 56.5 Å². The van der Waals surface area contributed by atoms with Crippen LogP contribution in [0.4, 0.5) is 20.4 Å². The van der Waals surface area contributed by atoms with Crippen molar-refractivity contribution in [3.05, 3.63) is 11.9 Å². The predicted molar refractivity (Wildman–Crippen MR) is 112 cm³/mol. The Kier molecular flexibility index (Phi) is 5.36. The fourth-order valence-electron chi connectivity index (χ4n) is 4.52. The lowest BCUT2D eigenvalue weighted by molar-refractivity contribution is -0.135. The molecule has 3 aliphatic rings. The second kappa shape index (κ2) is 7.59. The molecule has 0 radical (unpaired) electrons. The smallest absolute Gasteiger partial charge is 0.266 e. The number of alkyl halides is 2. The maximum Gasteiger partial charge on any atom is 0.266 e. The van der Waals surface area contributed by atoms with Crippen LogP contribution in [0.25, 0.3) is 0 Å². The van der Waals surface area contributed by atoms with Crippen molar-refractivity contribution in [1.82, 2.24) is 14.9 Å². The van der Waals surface area contributed by atoms with Gasteiger partial charge >= 0.3 is 0 Å². The quantitative estimate of drug-likeness (QED) is 0.804. The predicted octanol–water partition coefficient (Wildman–Crippen LogP) is 2.15. The standard InChI is InChI=1S/C21H32F2N6O/c1-20(2,3)19-25-16(27-9-7-21(22,23)13-27)10-17(26-19)28-11-14(24)15(12-28)29-8-5-4-6-18(29)30/h10,14-15H,4-9,11-13,24H2,1-3H3/t14-,15+/m1/s1. The molecular formula is C21H32F2N6O. The van der Waals surface area contributed by atoms with Gasteiger partial charge in [-0.1, -0.05) is 20.8 Å². The Morgan fingerprint density at radius 2 is 1.80 bits per heavy atom. The lowest BCUT2D eigenvalue weighted by Gasteiger charge is -2.34. The van der Waals surface area contributed by atoms with Gasteiger partial charge in [-0.3, -0.25) is 4.79 Å². The molecule has 9 heteroatoms. The third kappa shape index (κ3) is 4.22. The highest BCUT2D eigenvalue weighted by atomic mass is 19.3. The Labute approximate surface area is 176 Å². The van der Waals surface area contributed by atoms with Crippen molar-refractivity contribution in [2.75, 3.05) is 42.5 Å². The van der Waals surface area contributed by atoms with Gasteiger partial charge in [-0.2, -0.15) is 0 Å². The number of amides is 1. The molecule has 1 aromatic heterocycles. The molecule has 7 nitrogen and oxygen atoms in total. The average molecular weight is 423 g/mol. The van der Waals surface area contributed by atoms with Crippen LogP contribution < -0.4 is 15.5 Å². The second-order valence-corrected chi connectivity index (χ2v) is 9.87. The van der Waals surface area contributed by atoms with E-state index in [1.807, 2.05) is 25.7 Å². The van der Waals surface area contributed by atoms with Crippen LogP contribution in [0.1, 0.15) is 52.3 Å². The van der Waals surface area contributed by atoms with Crippen LogP contribution in [0.5, 0.6) is 0 Å². The van der Waals surface area contributed by atoms with Gasteiger partial charge in [-0.15, -0.1) is 0 Å². The summed E-state index contributed by atoms with van der Waals surface area (Å²) >= 11 is 0. The summed E-state index contributed by atoms with van der Waals surface area (Å²) in [6.07, 6.45) is 2.36. The minimum atomic E-state index is -2.69. The molecule has 4 rings (SSSR count). The molecule has 30 heavy (non-hydrogen) atoms. The highest BCUT2D eigenvalue weighted by molar-refractivity contribution is 5.77. The van der Waals surface area contributed by atoms with Gasteiger partial charge in [-0.05, 0) is 12.8 Å². The minimum Gasteiger partial charge on any atom is -0.353 e. The normalized spacial score (nSPS) is 27.3. The van der Waals surface area contributed by atoms with Gasteiger partial charge in [0.15, 0.2) is 0 Å². The van der Waals surface area contributed by atoms with E-state index < -0.39 is 5.92 Å². The van der Waals surface area contributed by atoms with Crippen molar-refractivity contribution in [1.29, 1.82) is 0 Å². The van der Waals surface area contributed by atoms with E-state index in [0.717, 1.165) is 19.4 Å². The number of carbonyl (C=O) groups is 1. The summed E-state index contributed by atoms with van der Waals surface area (Å²) in [6, 6.07) is 1.58. The first-order chi connectivity index (χ1) is 14.0. The molecular weight excluding hydrogens is 390 g/mol. The highest BCUT2D eigenvalue weighted by Gasteiger charge is 2.41. The Balaban J connectivity index is 1.61. The van der Waals surface area contributed by atoms with E-state index in [2.05, 4.69) is 9.88 Å². The highest BCUT2D eigenvalue weighted by Crippen LogP contribution is 2.34. The number of hydrogen-bond donors (Lipinski definition) is 1. The van der Waals surface area contributed by atoms with E-state index in [9.17, 15) is 13.6 Å². The zero-order chi connectivity index (χ0) is 21.7. The molecule has 166 valence electrons. The van der Waals surface area contributed by atoms with Crippen LogP contribution in [0.15, 0.2) is 6.07 Å². The third-order valence-electron chi connectivity index (χ3n) is 6.28. The van der Waals surface area contributed by atoms with Gasteiger partial charge in [0.05, 0.1) is 12.6 Å². The third-order valence-corrected chi connectivity index (χ3v) is 6.28. The molecule has 0 aliphatic carbocycles. The maximum absolute atomic E-state index is 13.8. The first-order valence-corrected chi connectivity index (χ1v) is 10.9. The number of carbonyl (C=O) groups excluding carboxylic acids is 1. The van der Waals surface area contributed by atoms with Gasteiger partial charge in [0.1, 0.15) is 17.5 Å². The molecule has 0 aromatic carbocycles. The zero-order valence-electron chi connectivity index (χ0n) is 18.1. The summed E-state index contributed by atoms with van der Waals surface area (Å²) in [5.41, 5.74) is 6.11. The summed E-state index contributed by atoms with van der Waals surface area (Å²) in [7, 11) is 0. The van der Waals surface area contributed by atoms with Gasteiger partial charge in [0.2, 0.25) is 5.91 Å². The molecule has 3 fully saturated rings. The number of nitrogens with two attached hydrogens (primary N) is 1. The molecule has 0 unspecified atom stereocenters. The number of anilines is 2. The van der Waals surface area contributed by atoms with E-state index in [0.29, 0.717) is 37.0 Å². The van der Waals surface area contributed by atoms with Crippen molar-refractivity contribution in [2.45, 2.75) is 69.9 Å². The Morgan fingerprint density at radius 3 is 2.40 bits per heavy atom. The molecule has 1 aromatic rings. The second-order valence-electron chi connectivity index (χ2n) is 9.87. The van der Waals surface area contributed by atoms with E-state index in [1.54, 1.807) is 11.0 Å². The molecule has 0 spiro atoms. The molecule has 2 atom stereocenters. The van der Waals surface area contributed by atoms with Crippen LogP contribution in [0.2, 0.25) is 0 Å². The SMILES string of the molecule is CC(C)(C)c1nc(N2C[C@@H](N)[C@@H](N3CCCCC3=O)C2)cc(N2CCC(F)(F)C2)n1. The van der Waals surface area contributed by atoms with Crippen molar-refractivity contribution >= 4 is 17.5 Å². The molecule has 3 aliphatic heterocycles. The van der Waals surface area contributed by atoms with Crippen LogP contribution >= 0.6 is 0 Å². The topological polar surface area (TPSA) is 78.6 Å². The molecule has 3 saturated heterocycles. The summed E-state index contributed by atoms with van der Waals surface area (Å²) < 4.78 is 27.6. The fraction of sp³-hybridized carbons (Fsp3) is 0.762. The molecule has 2 N–H and O–H groups in total. The average Bonchev–Trinajstić information content (AvgIpc) is 3.23. The molecule has 4 heterocycles. The van der Waals surface area contributed by atoms with Crippen LogP contribution in [0.3, 0.4) is 0 Å². The van der Waals surface area contributed by atoms with Crippen molar-refractivity contribution in [3.63, 3.8) is 0 Å². The Bertz CT molecular complexity index is 811. The molecule has 1 amide bonds. The van der Waals surface area contributed by atoms with Gasteiger partial charge < -0.3 is 20.4 Å². The number of halogens is 2. The monoisotopic (exact) mass is 422 g/mol. The van der Waals surface area contributed by atoms with Crippen molar-refractivity contribution in [3.8, 4) is 0 Å². The number of hydrogen-bond acceptors (Lipinski definition) is 6. The summed E-state index contributed by atoms with van der Waals surface area (Å²) in [5.74, 6) is -0.670. The summed E-state index contributed by atoms with van der Waals surface area (Å²) in [6.45, 7) is 7.91. The van der Waals surface area contributed by atoms with E-state index in [-0.39, 0.29) is 42.9 Å². The lowest BCUT2D eigenvalue weighted by Crippen LogP contribution is -2.51. The first-order valence-electron chi connectivity index (χ1n) is 10.9. The zero-order valence-corrected chi connectivity index (χ0v) is 18.1. The van der Waals surface area contributed by atoms with Crippen LogP contribution in [0, 0.1) is 0 Å². The largest absolute Gasteiger partial charge is 0.353 e. The number of nitrogens with zero attached hydrogens (tertiary/aromatic N) is 5. The van der Waals surface area contributed by atoms with Gasteiger partial charge in [-0.25, -0.2) is 18.7 Å². The molecule has 0 bridgehead atoms.